The number of aromatic nitrogens is 1. The van der Waals surface area contributed by atoms with Crippen LogP contribution >= 0.6 is 22.9 Å². The van der Waals surface area contributed by atoms with E-state index in [1.807, 2.05) is 37.3 Å². The minimum absolute atomic E-state index is 0.304. The minimum atomic E-state index is -0.304. The summed E-state index contributed by atoms with van der Waals surface area (Å²) in [5.74, 6) is -0.304. The Balaban J connectivity index is 1.83. The zero-order valence-electron chi connectivity index (χ0n) is 11.2. The average Bonchev–Trinajstić information content (AvgIpc) is 3.07. The van der Waals surface area contributed by atoms with Crippen LogP contribution in [-0.4, -0.2) is 17.1 Å². The Kier molecular flexibility index (Phi) is 3.77. The maximum atomic E-state index is 12.1. The van der Waals surface area contributed by atoms with Gasteiger partial charge in [-0.05, 0) is 30.7 Å². The lowest BCUT2D eigenvalue weighted by Crippen LogP contribution is -2.16. The molecule has 0 fully saturated rings. The number of amides is 1. The number of thiophene rings is 1. The fourth-order valence-electron chi connectivity index (χ4n) is 1.95. The van der Waals surface area contributed by atoms with Crippen LogP contribution in [0.2, 0.25) is 5.02 Å². The average molecular weight is 318 g/mol. The van der Waals surface area contributed by atoms with Crippen molar-refractivity contribution in [1.82, 2.24) is 10.4 Å². The first kappa shape index (κ1) is 13.9. The topological polar surface area (TPSA) is 57.2 Å². The molecule has 3 rings (SSSR count). The Morgan fingerprint density at radius 1 is 1.43 bits per heavy atom. The number of halogens is 1. The minimum Gasteiger partial charge on any atom is -0.360 e. The van der Waals surface area contributed by atoms with Crippen LogP contribution < -0.4 is 5.43 Å². The molecule has 0 radical (unpaired) electrons. The number of aryl methyl sites for hydroxylation is 1. The second-order valence-corrected chi connectivity index (χ2v) is 6.00. The van der Waals surface area contributed by atoms with E-state index in [2.05, 4.69) is 15.5 Å². The fourth-order valence-corrected chi connectivity index (χ4v) is 3.46. The molecule has 0 spiro atoms. The molecular weight excluding hydrogens is 306 g/mol. The Hall–Kier alpha value is -2.11. The first-order valence-electron chi connectivity index (χ1n) is 6.30. The van der Waals surface area contributed by atoms with Crippen molar-refractivity contribution < 1.29 is 4.79 Å². The molecule has 0 aliphatic heterocycles. The first-order chi connectivity index (χ1) is 10.1. The van der Waals surface area contributed by atoms with E-state index >= 15 is 0 Å². The van der Waals surface area contributed by atoms with Gasteiger partial charge < -0.3 is 4.98 Å². The number of hydrogen-bond donors (Lipinski definition) is 2. The predicted molar refractivity (Wildman–Crippen MR) is 87.4 cm³/mol. The second-order valence-electron chi connectivity index (χ2n) is 4.57. The van der Waals surface area contributed by atoms with Crippen LogP contribution in [0.4, 0.5) is 0 Å². The molecule has 0 bridgehead atoms. The molecule has 0 aliphatic carbocycles. The van der Waals surface area contributed by atoms with Crippen molar-refractivity contribution in [3.8, 4) is 0 Å². The number of nitrogens with one attached hydrogen (secondary N) is 2. The number of aromatic amines is 1. The van der Waals surface area contributed by atoms with Gasteiger partial charge in [-0.15, -0.1) is 11.3 Å². The molecule has 3 aromatic rings. The van der Waals surface area contributed by atoms with E-state index in [9.17, 15) is 4.79 Å². The van der Waals surface area contributed by atoms with Crippen molar-refractivity contribution in [2.75, 3.05) is 0 Å². The number of H-pyrrole nitrogens is 1. The van der Waals surface area contributed by atoms with E-state index in [0.717, 1.165) is 21.3 Å². The van der Waals surface area contributed by atoms with Crippen LogP contribution in [-0.2, 0) is 0 Å². The van der Waals surface area contributed by atoms with Gasteiger partial charge >= 0.3 is 0 Å². The number of fused-ring (bicyclic) bond motifs is 1. The normalized spacial score (nSPS) is 11.3. The van der Waals surface area contributed by atoms with E-state index in [4.69, 9.17) is 11.6 Å². The maximum Gasteiger partial charge on any atom is 0.283 e. The Labute approximate surface area is 130 Å². The zero-order valence-corrected chi connectivity index (χ0v) is 12.8. The van der Waals surface area contributed by atoms with E-state index in [-0.39, 0.29) is 5.91 Å². The molecule has 1 aromatic carbocycles. The van der Waals surface area contributed by atoms with Crippen molar-refractivity contribution in [2.45, 2.75) is 6.92 Å². The molecule has 6 heteroatoms. The van der Waals surface area contributed by atoms with E-state index in [0.29, 0.717) is 9.90 Å². The van der Waals surface area contributed by atoms with Crippen molar-refractivity contribution in [3.05, 3.63) is 57.7 Å². The van der Waals surface area contributed by atoms with Gasteiger partial charge in [0.05, 0.1) is 16.9 Å². The van der Waals surface area contributed by atoms with Gasteiger partial charge in [-0.1, -0.05) is 23.7 Å². The number of nitrogens with zero attached hydrogens (tertiary/aromatic N) is 1. The Morgan fingerprint density at radius 2 is 2.29 bits per heavy atom. The molecule has 2 aromatic heterocycles. The summed E-state index contributed by atoms with van der Waals surface area (Å²) in [6, 6.07) is 9.64. The second kappa shape index (κ2) is 5.71. The molecule has 0 saturated heterocycles. The monoisotopic (exact) mass is 317 g/mol. The summed E-state index contributed by atoms with van der Waals surface area (Å²) < 4.78 is 0.999. The summed E-state index contributed by atoms with van der Waals surface area (Å²) in [5, 5.41) is 5.28. The summed E-state index contributed by atoms with van der Waals surface area (Å²) in [5.41, 5.74) is 4.44. The van der Waals surface area contributed by atoms with Crippen LogP contribution in [0.3, 0.4) is 0 Å². The van der Waals surface area contributed by atoms with Crippen molar-refractivity contribution >= 4 is 45.1 Å². The number of carbonyl (C=O) groups excluding carboxylic acids is 1. The van der Waals surface area contributed by atoms with Gasteiger partial charge in [0, 0.05) is 16.3 Å². The fraction of sp³-hybridized carbons (Fsp3) is 0.0667. The van der Waals surface area contributed by atoms with Gasteiger partial charge in [-0.25, -0.2) is 5.43 Å². The summed E-state index contributed by atoms with van der Waals surface area (Å²) >= 11 is 7.64. The third-order valence-electron chi connectivity index (χ3n) is 2.98. The molecule has 2 N–H and O–H groups in total. The Bertz CT molecular complexity index is 821. The highest BCUT2D eigenvalue weighted by atomic mass is 35.5. The van der Waals surface area contributed by atoms with Crippen LogP contribution in [0.15, 0.2) is 41.6 Å². The lowest BCUT2D eigenvalue weighted by atomic mass is 10.2. The first-order valence-corrected chi connectivity index (χ1v) is 7.50. The molecule has 1 amide bonds. The molecule has 0 unspecified atom stereocenters. The van der Waals surface area contributed by atoms with Crippen LogP contribution in [0.5, 0.6) is 0 Å². The van der Waals surface area contributed by atoms with Gasteiger partial charge in [0.1, 0.15) is 4.88 Å². The largest absolute Gasteiger partial charge is 0.360 e. The summed E-state index contributed by atoms with van der Waals surface area (Å²) in [6.45, 7) is 2.01. The van der Waals surface area contributed by atoms with Crippen molar-refractivity contribution in [2.24, 2.45) is 5.10 Å². The van der Waals surface area contributed by atoms with Gasteiger partial charge in [-0.2, -0.15) is 5.10 Å². The maximum absolute atomic E-state index is 12.1. The molecular formula is C15H12ClN3OS. The highest BCUT2D eigenvalue weighted by Gasteiger charge is 2.16. The van der Waals surface area contributed by atoms with Gasteiger partial charge in [-0.3, -0.25) is 4.79 Å². The van der Waals surface area contributed by atoms with Gasteiger partial charge in [0.25, 0.3) is 5.91 Å². The Morgan fingerprint density at radius 3 is 3.05 bits per heavy atom. The molecule has 4 nitrogen and oxygen atoms in total. The number of rotatable bonds is 3. The smallest absolute Gasteiger partial charge is 0.283 e. The molecule has 0 atom stereocenters. The molecule has 2 heterocycles. The lowest BCUT2D eigenvalue weighted by molar-refractivity contribution is 0.0959. The molecule has 0 saturated carbocycles. The van der Waals surface area contributed by atoms with Crippen LogP contribution in [0.1, 0.15) is 20.9 Å². The van der Waals surface area contributed by atoms with E-state index in [1.54, 1.807) is 12.4 Å². The molecule has 106 valence electrons. The zero-order chi connectivity index (χ0) is 14.8. The number of hydrazone groups is 1. The number of benzene rings is 1. The highest BCUT2D eigenvalue weighted by Crippen LogP contribution is 2.35. The van der Waals surface area contributed by atoms with E-state index < -0.39 is 0 Å². The summed E-state index contributed by atoms with van der Waals surface area (Å²) in [4.78, 5) is 15.6. The van der Waals surface area contributed by atoms with Crippen molar-refractivity contribution in [3.63, 3.8) is 0 Å². The third-order valence-corrected chi connectivity index (χ3v) is 4.64. The lowest BCUT2D eigenvalue weighted by Gasteiger charge is -1.96. The van der Waals surface area contributed by atoms with Crippen LogP contribution in [0.25, 0.3) is 10.1 Å². The van der Waals surface area contributed by atoms with Gasteiger partial charge in [0.2, 0.25) is 0 Å². The quantitative estimate of drug-likeness (QED) is 0.557. The molecule has 0 aliphatic rings. The number of carbonyl (C=O) groups is 1. The van der Waals surface area contributed by atoms with Crippen LogP contribution in [0, 0.1) is 6.92 Å². The SMILES string of the molecule is Cc1ccc2c(Cl)c(C(=O)N/N=C\c3ccc[nH]3)sc2c1. The van der Waals surface area contributed by atoms with Gasteiger partial charge in [0.15, 0.2) is 0 Å². The summed E-state index contributed by atoms with van der Waals surface area (Å²) in [6.07, 6.45) is 3.33. The van der Waals surface area contributed by atoms with E-state index in [1.165, 1.54) is 11.3 Å². The number of hydrogen-bond acceptors (Lipinski definition) is 3. The standard InChI is InChI=1S/C15H12ClN3OS/c1-9-4-5-11-12(7-9)21-14(13(11)16)15(20)19-18-8-10-3-2-6-17-10/h2-8,17H,1H3,(H,19,20)/b18-8-. The summed E-state index contributed by atoms with van der Waals surface area (Å²) in [7, 11) is 0. The van der Waals surface area contributed by atoms with Crippen molar-refractivity contribution in [1.29, 1.82) is 0 Å². The highest BCUT2D eigenvalue weighted by molar-refractivity contribution is 7.21. The molecule has 21 heavy (non-hydrogen) atoms. The third kappa shape index (κ3) is 2.84. The predicted octanol–water partition coefficient (Wildman–Crippen LogP) is 3.96.